The first kappa shape index (κ1) is 12.0. The van der Waals surface area contributed by atoms with Gasteiger partial charge < -0.3 is 9.53 Å². The third-order valence-corrected chi connectivity index (χ3v) is 1.99. The maximum absolute atomic E-state index is 8.00. The highest BCUT2D eigenvalue weighted by molar-refractivity contribution is 5.22. The van der Waals surface area contributed by atoms with E-state index in [1.165, 1.54) is 5.56 Å². The van der Waals surface area contributed by atoms with Crippen molar-refractivity contribution in [3.05, 3.63) is 66.2 Å². The molecule has 0 aliphatic rings. The standard InChI is InChI=1S/C13H12O.CH2O/c1-3-7-12(8-4-1)11-14-13-9-5-2-6-10-13;1-2/h1-10H,11H2;1H2. The first-order valence-corrected chi connectivity index (χ1v) is 4.96. The van der Waals surface area contributed by atoms with E-state index >= 15 is 0 Å². The topological polar surface area (TPSA) is 26.3 Å². The lowest BCUT2D eigenvalue weighted by molar-refractivity contribution is -0.0979. The Kier molecular flexibility index (Phi) is 5.42. The highest BCUT2D eigenvalue weighted by Gasteiger charge is 1.92. The third kappa shape index (κ3) is 3.96. The minimum absolute atomic E-state index is 0.630. The van der Waals surface area contributed by atoms with Crippen molar-refractivity contribution < 1.29 is 9.53 Å². The van der Waals surface area contributed by atoms with E-state index in [-0.39, 0.29) is 0 Å². The summed E-state index contributed by atoms with van der Waals surface area (Å²) in [7, 11) is 0. The van der Waals surface area contributed by atoms with Gasteiger partial charge in [0.05, 0.1) is 0 Å². The fraction of sp³-hybridized carbons (Fsp3) is 0.0714. The summed E-state index contributed by atoms with van der Waals surface area (Å²) >= 11 is 0. The average molecular weight is 214 g/mol. The summed E-state index contributed by atoms with van der Waals surface area (Å²) < 4.78 is 5.59. The van der Waals surface area contributed by atoms with Gasteiger partial charge in [-0.25, -0.2) is 0 Å². The molecule has 2 heteroatoms. The molecule has 0 N–H and O–H groups in total. The van der Waals surface area contributed by atoms with Crippen LogP contribution in [0.5, 0.6) is 5.75 Å². The molecule has 0 saturated carbocycles. The Labute approximate surface area is 95.5 Å². The summed E-state index contributed by atoms with van der Waals surface area (Å²) in [5.41, 5.74) is 1.19. The van der Waals surface area contributed by atoms with Crippen molar-refractivity contribution in [2.45, 2.75) is 6.61 Å². The fourth-order valence-electron chi connectivity index (χ4n) is 1.26. The van der Waals surface area contributed by atoms with Crippen LogP contribution in [0.25, 0.3) is 0 Å². The smallest absolute Gasteiger partial charge is 0.119 e. The monoisotopic (exact) mass is 214 g/mol. The highest BCUT2D eigenvalue weighted by atomic mass is 16.5. The van der Waals surface area contributed by atoms with Gasteiger partial charge in [-0.1, -0.05) is 48.5 Å². The van der Waals surface area contributed by atoms with Crippen molar-refractivity contribution >= 4 is 6.79 Å². The van der Waals surface area contributed by atoms with Crippen molar-refractivity contribution in [2.75, 3.05) is 0 Å². The minimum Gasteiger partial charge on any atom is -0.489 e. The van der Waals surface area contributed by atoms with Crippen LogP contribution in [-0.2, 0) is 11.4 Å². The summed E-state index contributed by atoms with van der Waals surface area (Å²) in [4.78, 5) is 8.00. The number of para-hydroxylation sites is 1. The predicted octanol–water partition coefficient (Wildman–Crippen LogP) is 3.08. The lowest BCUT2D eigenvalue weighted by Crippen LogP contribution is -1.94. The quantitative estimate of drug-likeness (QED) is 0.784. The number of carbonyl (C=O) groups is 1. The van der Waals surface area contributed by atoms with Crippen molar-refractivity contribution in [2.24, 2.45) is 0 Å². The second-order valence-corrected chi connectivity index (χ2v) is 3.09. The molecule has 2 nitrogen and oxygen atoms in total. The van der Waals surface area contributed by atoms with E-state index < -0.39 is 0 Å². The van der Waals surface area contributed by atoms with Crippen molar-refractivity contribution in [3.8, 4) is 5.75 Å². The zero-order valence-electron chi connectivity index (χ0n) is 9.00. The first-order valence-electron chi connectivity index (χ1n) is 4.96. The summed E-state index contributed by atoms with van der Waals surface area (Å²) in [6, 6.07) is 20.0. The number of benzene rings is 2. The molecule has 0 amide bonds. The zero-order valence-corrected chi connectivity index (χ0v) is 9.00. The van der Waals surface area contributed by atoms with Crippen molar-refractivity contribution in [1.82, 2.24) is 0 Å². The molecule has 0 unspecified atom stereocenters. The van der Waals surface area contributed by atoms with E-state index in [0.29, 0.717) is 6.61 Å². The molecule has 0 aliphatic carbocycles. The largest absolute Gasteiger partial charge is 0.489 e. The Morgan fingerprint density at radius 2 is 1.31 bits per heavy atom. The van der Waals surface area contributed by atoms with Gasteiger partial charge in [-0.2, -0.15) is 0 Å². The van der Waals surface area contributed by atoms with Crippen LogP contribution in [0.1, 0.15) is 5.56 Å². The normalized spacial score (nSPS) is 8.75. The minimum atomic E-state index is 0.630. The maximum Gasteiger partial charge on any atom is 0.119 e. The molecule has 82 valence electrons. The van der Waals surface area contributed by atoms with Gasteiger partial charge in [0.2, 0.25) is 0 Å². The van der Waals surface area contributed by atoms with E-state index in [1.54, 1.807) is 0 Å². The zero-order chi connectivity index (χ0) is 11.6. The van der Waals surface area contributed by atoms with Crippen LogP contribution in [-0.4, -0.2) is 6.79 Å². The number of hydrogen-bond donors (Lipinski definition) is 0. The molecule has 2 aromatic carbocycles. The van der Waals surface area contributed by atoms with Crippen LogP contribution in [0.15, 0.2) is 60.7 Å². The van der Waals surface area contributed by atoms with Gasteiger partial charge in [-0.3, -0.25) is 0 Å². The molecule has 0 radical (unpaired) electrons. The second kappa shape index (κ2) is 7.23. The van der Waals surface area contributed by atoms with Crippen LogP contribution >= 0.6 is 0 Å². The number of hydrogen-bond acceptors (Lipinski definition) is 2. The van der Waals surface area contributed by atoms with E-state index in [2.05, 4.69) is 12.1 Å². The van der Waals surface area contributed by atoms with Gasteiger partial charge in [-0.15, -0.1) is 0 Å². The summed E-state index contributed by atoms with van der Waals surface area (Å²) in [6.45, 7) is 2.63. The van der Waals surface area contributed by atoms with Crippen LogP contribution < -0.4 is 4.74 Å². The highest BCUT2D eigenvalue weighted by Crippen LogP contribution is 2.10. The van der Waals surface area contributed by atoms with E-state index in [1.807, 2.05) is 55.3 Å². The van der Waals surface area contributed by atoms with Gasteiger partial charge in [0, 0.05) is 0 Å². The molecule has 0 atom stereocenters. The molecule has 0 aliphatic heterocycles. The van der Waals surface area contributed by atoms with Gasteiger partial charge >= 0.3 is 0 Å². The fourth-order valence-corrected chi connectivity index (χ4v) is 1.26. The molecule has 2 aromatic rings. The van der Waals surface area contributed by atoms with Crippen LogP contribution in [0.3, 0.4) is 0 Å². The molecule has 0 heterocycles. The van der Waals surface area contributed by atoms with Gasteiger partial charge in [-0.05, 0) is 17.7 Å². The molecule has 0 aromatic heterocycles. The third-order valence-electron chi connectivity index (χ3n) is 1.99. The van der Waals surface area contributed by atoms with Gasteiger partial charge in [0.25, 0.3) is 0 Å². The Morgan fingerprint density at radius 3 is 1.88 bits per heavy atom. The first-order chi connectivity index (χ1) is 7.95. The Hall–Kier alpha value is -2.09. The molecule has 0 spiro atoms. The predicted molar refractivity (Wildman–Crippen MR) is 64.3 cm³/mol. The molecule has 16 heavy (non-hydrogen) atoms. The molecule has 0 fully saturated rings. The Morgan fingerprint density at radius 1 is 0.812 bits per heavy atom. The second-order valence-electron chi connectivity index (χ2n) is 3.09. The molecular formula is C14H14O2. The van der Waals surface area contributed by atoms with E-state index in [0.717, 1.165) is 5.75 Å². The molecule has 0 bridgehead atoms. The number of rotatable bonds is 3. The van der Waals surface area contributed by atoms with Gasteiger partial charge in [0.15, 0.2) is 0 Å². The van der Waals surface area contributed by atoms with E-state index in [9.17, 15) is 0 Å². The number of carbonyl (C=O) groups excluding carboxylic acids is 1. The van der Waals surface area contributed by atoms with Crippen LogP contribution in [0.2, 0.25) is 0 Å². The van der Waals surface area contributed by atoms with Crippen LogP contribution in [0.4, 0.5) is 0 Å². The lowest BCUT2D eigenvalue weighted by Gasteiger charge is -2.05. The summed E-state index contributed by atoms with van der Waals surface area (Å²) in [5.74, 6) is 0.913. The van der Waals surface area contributed by atoms with Crippen molar-refractivity contribution in [1.29, 1.82) is 0 Å². The van der Waals surface area contributed by atoms with Crippen molar-refractivity contribution in [3.63, 3.8) is 0 Å². The summed E-state index contributed by atoms with van der Waals surface area (Å²) in [5, 5.41) is 0. The summed E-state index contributed by atoms with van der Waals surface area (Å²) in [6.07, 6.45) is 0. The SMILES string of the molecule is C=O.c1ccc(COc2ccccc2)cc1. The molecular weight excluding hydrogens is 200 g/mol. The Balaban J connectivity index is 0.000000606. The van der Waals surface area contributed by atoms with Crippen LogP contribution in [0, 0.1) is 0 Å². The van der Waals surface area contributed by atoms with Gasteiger partial charge in [0.1, 0.15) is 19.1 Å². The van der Waals surface area contributed by atoms with E-state index in [4.69, 9.17) is 9.53 Å². The molecule has 2 rings (SSSR count). The number of ether oxygens (including phenoxy) is 1. The average Bonchev–Trinajstić information content (AvgIpc) is 2.41. The molecule has 0 saturated heterocycles. The Bertz CT molecular complexity index is 344. The lowest BCUT2D eigenvalue weighted by atomic mass is 10.2. The maximum atomic E-state index is 8.00.